The van der Waals surface area contributed by atoms with E-state index in [1.165, 1.54) is 31.4 Å². The molecule has 7 heteroatoms. The van der Waals surface area contributed by atoms with Gasteiger partial charge in [-0.1, -0.05) is 30.3 Å². The highest BCUT2D eigenvalue weighted by molar-refractivity contribution is 7.85. The lowest BCUT2D eigenvalue weighted by atomic mass is 10.1. The van der Waals surface area contributed by atoms with Crippen molar-refractivity contribution < 1.29 is 28.7 Å². The number of ether oxygens (including phenoxy) is 2. The molecular weight excluding hydrogens is 380 g/mol. The average molecular weight is 396 g/mol. The summed E-state index contributed by atoms with van der Waals surface area (Å²) in [5.41, 5.74) is 0.0791. The van der Waals surface area contributed by atoms with Gasteiger partial charge < -0.3 is 19.7 Å². The Kier molecular flexibility index (Phi) is 4.52. The van der Waals surface area contributed by atoms with E-state index in [9.17, 15) is 19.2 Å². The summed E-state index contributed by atoms with van der Waals surface area (Å²) in [5, 5.41) is 22.4. The van der Waals surface area contributed by atoms with Gasteiger partial charge in [-0.25, -0.2) is 9.00 Å². The number of rotatable bonds is 4. The van der Waals surface area contributed by atoms with Gasteiger partial charge in [-0.2, -0.15) is 0 Å². The number of phenols is 2. The molecule has 3 aromatic carbocycles. The van der Waals surface area contributed by atoms with Gasteiger partial charge in [-0.15, -0.1) is 0 Å². The number of esters is 1. The summed E-state index contributed by atoms with van der Waals surface area (Å²) in [5.74, 6) is -0.709. The summed E-state index contributed by atoms with van der Waals surface area (Å²) in [4.78, 5) is 11.8. The van der Waals surface area contributed by atoms with E-state index >= 15 is 0 Å². The molecule has 1 unspecified atom stereocenters. The second kappa shape index (κ2) is 7.01. The van der Waals surface area contributed by atoms with Crippen molar-refractivity contribution >= 4 is 27.5 Å². The molecule has 0 aromatic heterocycles. The topological polar surface area (TPSA) is 93.1 Å². The molecule has 2 atom stereocenters. The predicted molar refractivity (Wildman–Crippen MR) is 103 cm³/mol. The van der Waals surface area contributed by atoms with E-state index in [0.29, 0.717) is 16.0 Å². The minimum atomic E-state index is -1.93. The molecule has 1 aliphatic rings. The van der Waals surface area contributed by atoms with Gasteiger partial charge in [-0.3, -0.25) is 0 Å². The molecule has 0 aliphatic carbocycles. The van der Waals surface area contributed by atoms with Crippen LogP contribution in [-0.4, -0.2) is 27.5 Å². The second-order valence-electron chi connectivity index (χ2n) is 6.15. The zero-order valence-electron chi connectivity index (χ0n) is 14.8. The van der Waals surface area contributed by atoms with E-state index in [1.54, 1.807) is 12.1 Å². The first kappa shape index (κ1) is 18.1. The molecule has 0 fully saturated rings. The van der Waals surface area contributed by atoms with E-state index in [1.807, 2.05) is 24.3 Å². The van der Waals surface area contributed by atoms with E-state index in [0.717, 1.165) is 5.39 Å². The Balaban J connectivity index is 1.98. The molecule has 142 valence electrons. The van der Waals surface area contributed by atoms with Crippen LogP contribution in [0.3, 0.4) is 0 Å². The van der Waals surface area contributed by atoms with Gasteiger partial charge in [0.1, 0.15) is 17.2 Å². The molecular formula is C21H16O6S. The number of hydrogen-bond acceptors (Lipinski definition) is 6. The molecule has 4 rings (SSSR count). The number of aromatic hydroxyl groups is 2. The fraction of sp³-hybridized carbons (Fsp3) is 0.0952. The molecule has 0 saturated heterocycles. The second-order valence-corrected chi connectivity index (χ2v) is 7.50. The summed E-state index contributed by atoms with van der Waals surface area (Å²) in [7, 11) is -0.466. The molecule has 3 aromatic rings. The van der Waals surface area contributed by atoms with Crippen LogP contribution in [-0.2, 0) is 20.3 Å². The van der Waals surface area contributed by atoms with Gasteiger partial charge in [0.05, 0.1) is 33.3 Å². The largest absolute Gasteiger partial charge is 0.507 e. The summed E-state index contributed by atoms with van der Waals surface area (Å²) < 4.78 is 24.2. The van der Waals surface area contributed by atoms with Gasteiger partial charge in [-0.05, 0) is 29.7 Å². The third-order valence-electron chi connectivity index (χ3n) is 4.52. The van der Waals surface area contributed by atoms with Crippen molar-refractivity contribution in [3.63, 3.8) is 0 Å². The first-order chi connectivity index (χ1) is 13.5. The number of methoxy groups -OCH3 is 1. The van der Waals surface area contributed by atoms with Gasteiger partial charge in [0, 0.05) is 11.5 Å². The third kappa shape index (κ3) is 2.90. The summed E-state index contributed by atoms with van der Waals surface area (Å²) in [6.07, 6.45) is 1.72. The normalized spacial score (nSPS) is 16.9. The number of hydrogen-bond donors (Lipinski definition) is 2. The number of benzene rings is 3. The average Bonchev–Trinajstić information content (AvgIpc) is 3.13. The smallest absolute Gasteiger partial charge is 0.331 e. The van der Waals surface area contributed by atoms with Gasteiger partial charge in [0.2, 0.25) is 0 Å². The predicted octanol–water partition coefficient (Wildman–Crippen LogP) is 3.58. The van der Waals surface area contributed by atoms with Crippen LogP contribution in [0.5, 0.6) is 17.2 Å². The van der Waals surface area contributed by atoms with Gasteiger partial charge >= 0.3 is 5.97 Å². The monoisotopic (exact) mass is 396 g/mol. The van der Waals surface area contributed by atoms with Crippen molar-refractivity contribution in [1.29, 1.82) is 0 Å². The SMILES string of the molecule is COc1ccc2ccccc2c1S(=O)c1c(O)ccc(O)c1[C@H]1C=CC(=O)O1. The summed E-state index contributed by atoms with van der Waals surface area (Å²) >= 11 is 0. The van der Waals surface area contributed by atoms with E-state index in [4.69, 9.17) is 9.47 Å². The molecule has 0 bridgehead atoms. The maximum Gasteiger partial charge on any atom is 0.331 e. The Labute approximate surface area is 163 Å². The Morgan fingerprint density at radius 2 is 1.75 bits per heavy atom. The van der Waals surface area contributed by atoms with E-state index in [-0.39, 0.29) is 22.0 Å². The fourth-order valence-electron chi connectivity index (χ4n) is 3.25. The van der Waals surface area contributed by atoms with Crippen molar-refractivity contribution in [2.24, 2.45) is 0 Å². The highest BCUT2D eigenvalue weighted by Crippen LogP contribution is 2.44. The Morgan fingerprint density at radius 3 is 2.46 bits per heavy atom. The quantitative estimate of drug-likeness (QED) is 0.517. The Bertz CT molecular complexity index is 1150. The molecule has 1 aliphatic heterocycles. The molecule has 2 N–H and O–H groups in total. The van der Waals surface area contributed by atoms with Crippen molar-refractivity contribution in [3.8, 4) is 17.2 Å². The van der Waals surface area contributed by atoms with Crippen LogP contribution in [0.15, 0.2) is 70.5 Å². The molecule has 6 nitrogen and oxygen atoms in total. The van der Waals surface area contributed by atoms with Crippen LogP contribution in [0, 0.1) is 0 Å². The fourth-order valence-corrected chi connectivity index (χ4v) is 4.85. The van der Waals surface area contributed by atoms with Crippen LogP contribution < -0.4 is 4.74 Å². The van der Waals surface area contributed by atoms with Crippen molar-refractivity contribution in [3.05, 3.63) is 66.2 Å². The molecule has 0 spiro atoms. The Hall–Kier alpha value is -3.32. The minimum absolute atomic E-state index is 0.0287. The lowest BCUT2D eigenvalue weighted by Crippen LogP contribution is -2.07. The van der Waals surface area contributed by atoms with Gasteiger partial charge in [0.25, 0.3) is 0 Å². The van der Waals surface area contributed by atoms with Crippen molar-refractivity contribution in [2.75, 3.05) is 7.11 Å². The lowest BCUT2D eigenvalue weighted by Gasteiger charge is -2.18. The summed E-state index contributed by atoms with van der Waals surface area (Å²) in [6.45, 7) is 0. The standard InChI is InChI=1S/C21H16O6S/c1-26-17-9-6-12-4-2-3-5-13(12)20(17)28(25)21-15(23)8-7-14(22)19(21)16-10-11-18(24)27-16/h2-11,16,22-23H,1H3/t16-,28?/m1/s1. The number of carbonyl (C=O) groups is 1. The Morgan fingerprint density at radius 1 is 1.00 bits per heavy atom. The number of phenolic OH excluding ortho intramolecular Hbond substituents is 2. The molecule has 0 amide bonds. The lowest BCUT2D eigenvalue weighted by molar-refractivity contribution is -0.138. The van der Waals surface area contributed by atoms with Crippen LogP contribution in [0.1, 0.15) is 11.7 Å². The molecule has 28 heavy (non-hydrogen) atoms. The third-order valence-corrected chi connectivity index (χ3v) is 6.11. The van der Waals surface area contributed by atoms with Crippen LogP contribution in [0.2, 0.25) is 0 Å². The van der Waals surface area contributed by atoms with E-state index < -0.39 is 22.9 Å². The van der Waals surface area contributed by atoms with Crippen LogP contribution >= 0.6 is 0 Å². The van der Waals surface area contributed by atoms with Crippen molar-refractivity contribution in [2.45, 2.75) is 15.9 Å². The maximum atomic E-state index is 13.7. The van der Waals surface area contributed by atoms with Crippen LogP contribution in [0.4, 0.5) is 0 Å². The zero-order chi connectivity index (χ0) is 19.8. The number of fused-ring (bicyclic) bond motifs is 1. The molecule has 0 radical (unpaired) electrons. The highest BCUT2D eigenvalue weighted by atomic mass is 32.2. The first-order valence-corrected chi connectivity index (χ1v) is 9.57. The minimum Gasteiger partial charge on any atom is -0.507 e. The zero-order valence-corrected chi connectivity index (χ0v) is 15.6. The first-order valence-electron chi connectivity index (χ1n) is 8.42. The van der Waals surface area contributed by atoms with Crippen LogP contribution in [0.25, 0.3) is 10.8 Å². The van der Waals surface area contributed by atoms with Gasteiger partial charge in [0.15, 0.2) is 6.10 Å². The molecule has 1 heterocycles. The van der Waals surface area contributed by atoms with E-state index in [2.05, 4.69) is 0 Å². The van der Waals surface area contributed by atoms with Crippen molar-refractivity contribution in [1.82, 2.24) is 0 Å². The molecule has 0 saturated carbocycles. The maximum absolute atomic E-state index is 13.7. The number of carbonyl (C=O) groups excluding carboxylic acids is 1. The number of cyclic esters (lactones) is 1. The highest BCUT2D eigenvalue weighted by Gasteiger charge is 2.31. The summed E-state index contributed by atoms with van der Waals surface area (Å²) in [6, 6.07) is 13.4.